The van der Waals surface area contributed by atoms with Crippen LogP contribution in [0.5, 0.6) is 0 Å². The van der Waals surface area contributed by atoms with Crippen LogP contribution in [0.3, 0.4) is 0 Å². The van der Waals surface area contributed by atoms with Crippen molar-refractivity contribution in [3.63, 3.8) is 0 Å². The predicted octanol–water partition coefficient (Wildman–Crippen LogP) is 0.546. The number of carbonyl (C=O) groups excluding carboxylic acids is 1. The Morgan fingerprint density at radius 1 is 1.40 bits per heavy atom. The van der Waals surface area contributed by atoms with Gasteiger partial charge in [-0.05, 0) is 6.07 Å². The highest BCUT2D eigenvalue weighted by molar-refractivity contribution is 5.76. The molecule has 0 fully saturated rings. The summed E-state index contributed by atoms with van der Waals surface area (Å²) in [6.45, 7) is 1.70. The molecule has 0 radical (unpaired) electrons. The van der Waals surface area contributed by atoms with Crippen LogP contribution in [-0.2, 0) is 24.3 Å². The Labute approximate surface area is 116 Å². The van der Waals surface area contributed by atoms with Crippen LogP contribution in [0.15, 0.2) is 35.5 Å². The maximum Gasteiger partial charge on any atom is 0.250 e. The number of aromatic nitrogens is 3. The average molecular weight is 272 g/mol. The SMILES string of the molecule is O=C(CCn1ccccc1=O)N1CCc2nc[nH]c2C1. The molecule has 3 rings (SSSR count). The molecule has 0 saturated heterocycles. The summed E-state index contributed by atoms with van der Waals surface area (Å²) < 4.78 is 1.56. The third kappa shape index (κ3) is 2.49. The highest BCUT2D eigenvalue weighted by atomic mass is 16.2. The predicted molar refractivity (Wildman–Crippen MR) is 73.0 cm³/mol. The first-order valence-electron chi connectivity index (χ1n) is 6.68. The molecule has 0 bridgehead atoms. The number of H-pyrrole nitrogens is 1. The molecular weight excluding hydrogens is 256 g/mol. The standard InChI is InChI=1S/C14H16N4O2/c19-13-3-1-2-6-17(13)8-5-14(20)18-7-4-11-12(9-18)16-10-15-11/h1-3,6,10H,4-5,7-9H2,(H,15,16). The van der Waals surface area contributed by atoms with E-state index >= 15 is 0 Å². The van der Waals surface area contributed by atoms with Crippen LogP contribution in [0.4, 0.5) is 0 Å². The van der Waals surface area contributed by atoms with Crippen molar-refractivity contribution in [3.05, 3.63) is 52.5 Å². The van der Waals surface area contributed by atoms with Crippen molar-refractivity contribution in [2.24, 2.45) is 0 Å². The highest BCUT2D eigenvalue weighted by Gasteiger charge is 2.21. The smallest absolute Gasteiger partial charge is 0.250 e. The van der Waals surface area contributed by atoms with Crippen molar-refractivity contribution in [3.8, 4) is 0 Å². The molecule has 3 heterocycles. The lowest BCUT2D eigenvalue weighted by Gasteiger charge is -2.26. The lowest BCUT2D eigenvalue weighted by atomic mass is 10.1. The summed E-state index contributed by atoms with van der Waals surface area (Å²) in [5.41, 5.74) is 1.99. The quantitative estimate of drug-likeness (QED) is 0.886. The Bertz CT molecular complexity index is 674. The zero-order chi connectivity index (χ0) is 13.9. The third-order valence-corrected chi connectivity index (χ3v) is 3.59. The molecule has 1 amide bonds. The number of fused-ring (bicyclic) bond motifs is 1. The van der Waals surface area contributed by atoms with E-state index in [0.29, 0.717) is 26.1 Å². The number of hydrogen-bond acceptors (Lipinski definition) is 3. The van der Waals surface area contributed by atoms with Gasteiger partial charge in [0.2, 0.25) is 5.91 Å². The minimum atomic E-state index is -0.0743. The average Bonchev–Trinajstić information content (AvgIpc) is 2.93. The Morgan fingerprint density at radius 3 is 3.15 bits per heavy atom. The van der Waals surface area contributed by atoms with Crippen LogP contribution in [0.25, 0.3) is 0 Å². The molecule has 1 N–H and O–H groups in total. The molecule has 0 unspecified atom stereocenters. The molecule has 0 aromatic carbocycles. The van der Waals surface area contributed by atoms with Crippen molar-refractivity contribution in [2.45, 2.75) is 25.9 Å². The van der Waals surface area contributed by atoms with Crippen molar-refractivity contribution in [1.82, 2.24) is 19.4 Å². The van der Waals surface area contributed by atoms with Crippen LogP contribution >= 0.6 is 0 Å². The summed E-state index contributed by atoms with van der Waals surface area (Å²) in [5, 5.41) is 0. The second kappa shape index (κ2) is 5.32. The molecule has 1 aliphatic rings. The van der Waals surface area contributed by atoms with E-state index in [2.05, 4.69) is 9.97 Å². The number of imidazole rings is 1. The molecule has 2 aromatic rings. The molecular formula is C14H16N4O2. The lowest BCUT2D eigenvalue weighted by Crippen LogP contribution is -2.36. The van der Waals surface area contributed by atoms with E-state index in [4.69, 9.17) is 0 Å². The van der Waals surface area contributed by atoms with Crippen molar-refractivity contribution >= 4 is 5.91 Å². The first-order valence-corrected chi connectivity index (χ1v) is 6.68. The van der Waals surface area contributed by atoms with Gasteiger partial charge in [-0.3, -0.25) is 9.59 Å². The van der Waals surface area contributed by atoms with E-state index in [1.807, 2.05) is 4.90 Å². The number of aryl methyl sites for hydroxylation is 1. The van der Waals surface area contributed by atoms with Gasteiger partial charge in [0.15, 0.2) is 0 Å². The number of pyridine rings is 1. The van der Waals surface area contributed by atoms with Gasteiger partial charge in [0.05, 0.1) is 24.3 Å². The molecule has 20 heavy (non-hydrogen) atoms. The lowest BCUT2D eigenvalue weighted by molar-refractivity contribution is -0.132. The van der Waals surface area contributed by atoms with E-state index in [9.17, 15) is 9.59 Å². The zero-order valence-corrected chi connectivity index (χ0v) is 11.1. The molecule has 0 saturated carbocycles. The number of aromatic amines is 1. The van der Waals surface area contributed by atoms with E-state index in [1.165, 1.54) is 6.07 Å². The van der Waals surface area contributed by atoms with E-state index in [1.54, 1.807) is 29.2 Å². The summed E-state index contributed by atoms with van der Waals surface area (Å²) in [6, 6.07) is 5.00. The van der Waals surface area contributed by atoms with Gasteiger partial charge in [-0.1, -0.05) is 6.07 Å². The molecule has 104 valence electrons. The molecule has 0 atom stereocenters. The Balaban J connectivity index is 1.61. The minimum Gasteiger partial charge on any atom is -0.347 e. The molecule has 0 spiro atoms. The van der Waals surface area contributed by atoms with Crippen LogP contribution in [0, 0.1) is 0 Å². The molecule has 1 aliphatic heterocycles. The summed E-state index contributed by atoms with van der Waals surface area (Å²) in [6.07, 6.45) is 4.50. The van der Waals surface area contributed by atoms with Gasteiger partial charge in [0.25, 0.3) is 5.56 Å². The van der Waals surface area contributed by atoms with Crippen molar-refractivity contribution in [2.75, 3.05) is 6.54 Å². The van der Waals surface area contributed by atoms with Gasteiger partial charge >= 0.3 is 0 Å². The summed E-state index contributed by atoms with van der Waals surface area (Å²) in [7, 11) is 0. The van der Waals surface area contributed by atoms with Gasteiger partial charge in [0.1, 0.15) is 0 Å². The summed E-state index contributed by atoms with van der Waals surface area (Å²) >= 11 is 0. The zero-order valence-electron chi connectivity index (χ0n) is 11.1. The first-order chi connectivity index (χ1) is 9.74. The maximum absolute atomic E-state index is 12.2. The third-order valence-electron chi connectivity index (χ3n) is 3.59. The van der Waals surface area contributed by atoms with Gasteiger partial charge in [-0.15, -0.1) is 0 Å². The fourth-order valence-electron chi connectivity index (χ4n) is 2.44. The second-order valence-electron chi connectivity index (χ2n) is 4.88. The fourth-order valence-corrected chi connectivity index (χ4v) is 2.44. The Kier molecular flexibility index (Phi) is 3.37. The maximum atomic E-state index is 12.2. The molecule has 0 aliphatic carbocycles. The van der Waals surface area contributed by atoms with Gasteiger partial charge in [0, 0.05) is 38.2 Å². The first kappa shape index (κ1) is 12.7. The largest absolute Gasteiger partial charge is 0.347 e. The Hall–Kier alpha value is -2.37. The van der Waals surface area contributed by atoms with Crippen LogP contribution < -0.4 is 5.56 Å². The number of nitrogens with zero attached hydrogens (tertiary/aromatic N) is 3. The molecule has 6 heteroatoms. The van der Waals surface area contributed by atoms with Crippen LogP contribution in [-0.4, -0.2) is 31.9 Å². The number of carbonyl (C=O) groups is 1. The molecule has 6 nitrogen and oxygen atoms in total. The number of amides is 1. The normalized spacial score (nSPS) is 14.1. The van der Waals surface area contributed by atoms with Gasteiger partial charge in [-0.25, -0.2) is 4.98 Å². The highest BCUT2D eigenvalue weighted by Crippen LogP contribution is 2.15. The minimum absolute atomic E-state index is 0.0704. The van der Waals surface area contributed by atoms with Gasteiger partial charge < -0.3 is 14.5 Å². The topological polar surface area (TPSA) is 71.0 Å². The number of nitrogens with one attached hydrogen (secondary N) is 1. The van der Waals surface area contributed by atoms with E-state index in [-0.39, 0.29) is 11.5 Å². The second-order valence-corrected chi connectivity index (χ2v) is 4.88. The van der Waals surface area contributed by atoms with Gasteiger partial charge in [-0.2, -0.15) is 0 Å². The fraction of sp³-hybridized carbons (Fsp3) is 0.357. The summed E-state index contributed by atoms with van der Waals surface area (Å²) in [5.74, 6) is 0.0704. The van der Waals surface area contributed by atoms with Crippen molar-refractivity contribution in [1.29, 1.82) is 0 Å². The van der Waals surface area contributed by atoms with Crippen molar-refractivity contribution < 1.29 is 4.79 Å². The van der Waals surface area contributed by atoms with E-state index in [0.717, 1.165) is 17.8 Å². The number of hydrogen-bond donors (Lipinski definition) is 1. The number of rotatable bonds is 3. The van der Waals surface area contributed by atoms with E-state index < -0.39 is 0 Å². The Morgan fingerprint density at radius 2 is 2.30 bits per heavy atom. The molecule has 2 aromatic heterocycles. The summed E-state index contributed by atoms with van der Waals surface area (Å²) in [4.78, 5) is 32.8. The van der Waals surface area contributed by atoms with Crippen LogP contribution in [0.2, 0.25) is 0 Å². The van der Waals surface area contributed by atoms with Crippen LogP contribution in [0.1, 0.15) is 17.8 Å². The monoisotopic (exact) mass is 272 g/mol.